The minimum Gasteiger partial charge on any atom is -0.392 e. The third-order valence-electron chi connectivity index (χ3n) is 2.17. The molecule has 6 heteroatoms. The van der Waals surface area contributed by atoms with Crippen molar-refractivity contribution in [2.45, 2.75) is 6.92 Å². The molecule has 0 aliphatic carbocycles. The molecule has 0 radical (unpaired) electrons. The van der Waals surface area contributed by atoms with Gasteiger partial charge in [0.1, 0.15) is 0 Å². The highest BCUT2D eigenvalue weighted by Gasteiger charge is 2.17. The monoisotopic (exact) mass is 334 g/mol. The number of likely N-dealkylation sites (N-methyl/N-ethyl adjacent to an activating group) is 1. The number of hydrogen-bond acceptors (Lipinski definition) is 2. The first-order valence-electron chi connectivity index (χ1n) is 4.98. The lowest BCUT2D eigenvalue weighted by Gasteiger charge is -2.20. The molecule has 2 N–H and O–H groups in total. The molecule has 0 aliphatic heterocycles. The van der Waals surface area contributed by atoms with E-state index in [1.54, 1.807) is 23.1 Å². The highest BCUT2D eigenvalue weighted by molar-refractivity contribution is 9.10. The molecular formula is C11H12BrClN2OS. The van der Waals surface area contributed by atoms with Crippen LogP contribution in [0.15, 0.2) is 22.7 Å². The quantitative estimate of drug-likeness (QED) is 0.861. The Balaban J connectivity index is 3.01. The Hall–Kier alpha value is -0.650. The molecule has 0 saturated carbocycles. The van der Waals surface area contributed by atoms with Gasteiger partial charge in [0.15, 0.2) is 0 Å². The number of benzene rings is 1. The molecule has 0 heterocycles. The fraction of sp³-hybridized carbons (Fsp3) is 0.273. The van der Waals surface area contributed by atoms with Gasteiger partial charge in [-0.05, 0) is 25.1 Å². The number of nitrogens with zero attached hydrogens (tertiary/aromatic N) is 1. The van der Waals surface area contributed by atoms with Crippen LogP contribution in [-0.4, -0.2) is 28.9 Å². The maximum atomic E-state index is 12.2. The second-order valence-corrected chi connectivity index (χ2v) is 5.26. The first kappa shape index (κ1) is 14.4. The van der Waals surface area contributed by atoms with Crippen LogP contribution in [0.3, 0.4) is 0 Å². The summed E-state index contributed by atoms with van der Waals surface area (Å²) in [6, 6.07) is 5.14. The molecule has 1 rings (SSSR count). The number of carbonyl (C=O) groups excluding carboxylic acids is 1. The van der Waals surface area contributed by atoms with Crippen molar-refractivity contribution in [3.8, 4) is 0 Å². The summed E-state index contributed by atoms with van der Waals surface area (Å²) < 4.78 is 0.802. The van der Waals surface area contributed by atoms with Crippen molar-refractivity contribution in [2.24, 2.45) is 5.73 Å². The van der Waals surface area contributed by atoms with Gasteiger partial charge in [0, 0.05) is 11.0 Å². The predicted octanol–water partition coefficient (Wildman–Crippen LogP) is 2.85. The zero-order valence-corrected chi connectivity index (χ0v) is 12.4. The van der Waals surface area contributed by atoms with E-state index in [2.05, 4.69) is 15.9 Å². The minimum absolute atomic E-state index is 0.174. The molecule has 0 aliphatic rings. The Morgan fingerprint density at radius 3 is 2.76 bits per heavy atom. The molecule has 17 heavy (non-hydrogen) atoms. The van der Waals surface area contributed by atoms with Gasteiger partial charge in [-0.2, -0.15) is 0 Å². The largest absolute Gasteiger partial charge is 0.392 e. The van der Waals surface area contributed by atoms with Gasteiger partial charge in [-0.25, -0.2) is 0 Å². The third kappa shape index (κ3) is 3.94. The molecule has 0 unspecified atom stereocenters. The molecule has 0 fully saturated rings. The molecule has 1 amide bonds. The Bertz CT molecular complexity index is 453. The average molecular weight is 336 g/mol. The van der Waals surface area contributed by atoms with Crippen LogP contribution in [0.4, 0.5) is 0 Å². The minimum atomic E-state index is -0.174. The SMILES string of the molecule is CCN(CC(N)=S)C(=O)c1cc(Br)ccc1Cl. The van der Waals surface area contributed by atoms with Crippen molar-refractivity contribution < 1.29 is 4.79 Å². The summed E-state index contributed by atoms with van der Waals surface area (Å²) in [5.74, 6) is -0.174. The van der Waals surface area contributed by atoms with Gasteiger partial charge in [-0.1, -0.05) is 39.7 Å². The van der Waals surface area contributed by atoms with Gasteiger partial charge in [-0.15, -0.1) is 0 Å². The number of carbonyl (C=O) groups is 1. The third-order valence-corrected chi connectivity index (χ3v) is 3.13. The van der Waals surface area contributed by atoms with Gasteiger partial charge >= 0.3 is 0 Å². The number of halogens is 2. The Kier molecular flexibility index (Phi) is 5.36. The van der Waals surface area contributed by atoms with Gasteiger partial charge in [0.05, 0.1) is 22.1 Å². The van der Waals surface area contributed by atoms with E-state index >= 15 is 0 Å². The molecule has 0 spiro atoms. The van der Waals surface area contributed by atoms with Crippen LogP contribution in [0, 0.1) is 0 Å². The second-order valence-electron chi connectivity index (χ2n) is 3.41. The first-order valence-corrected chi connectivity index (χ1v) is 6.56. The molecule has 0 aromatic heterocycles. The van der Waals surface area contributed by atoms with E-state index in [0.29, 0.717) is 17.1 Å². The highest BCUT2D eigenvalue weighted by atomic mass is 79.9. The van der Waals surface area contributed by atoms with Crippen LogP contribution in [0.25, 0.3) is 0 Å². The number of hydrogen-bond donors (Lipinski definition) is 1. The van der Waals surface area contributed by atoms with Crippen molar-refractivity contribution in [3.05, 3.63) is 33.3 Å². The van der Waals surface area contributed by atoms with Crippen LogP contribution in [0.5, 0.6) is 0 Å². The van der Waals surface area contributed by atoms with Crippen molar-refractivity contribution >= 4 is 50.6 Å². The lowest BCUT2D eigenvalue weighted by Crippen LogP contribution is -2.37. The van der Waals surface area contributed by atoms with Gasteiger partial charge < -0.3 is 10.6 Å². The summed E-state index contributed by atoms with van der Waals surface area (Å²) in [5.41, 5.74) is 5.89. The molecule has 1 aromatic carbocycles. The average Bonchev–Trinajstić information content (AvgIpc) is 2.28. The maximum Gasteiger partial charge on any atom is 0.255 e. The number of amides is 1. The molecule has 3 nitrogen and oxygen atoms in total. The smallest absolute Gasteiger partial charge is 0.255 e. The van der Waals surface area contributed by atoms with E-state index in [9.17, 15) is 4.79 Å². The van der Waals surface area contributed by atoms with Crippen molar-refractivity contribution in [1.82, 2.24) is 4.90 Å². The van der Waals surface area contributed by atoms with E-state index in [-0.39, 0.29) is 17.4 Å². The molecule has 0 atom stereocenters. The molecule has 0 bridgehead atoms. The summed E-state index contributed by atoms with van der Waals surface area (Å²) in [5, 5.41) is 0.416. The number of thiocarbonyl (C=S) groups is 1. The Labute approximate surface area is 119 Å². The predicted molar refractivity (Wildman–Crippen MR) is 77.5 cm³/mol. The molecule has 0 saturated heterocycles. The van der Waals surface area contributed by atoms with Crippen LogP contribution in [0.2, 0.25) is 5.02 Å². The molecule has 1 aromatic rings. The zero-order valence-electron chi connectivity index (χ0n) is 9.24. The number of nitrogens with two attached hydrogens (primary N) is 1. The Morgan fingerprint density at radius 2 is 2.24 bits per heavy atom. The van der Waals surface area contributed by atoms with Crippen LogP contribution < -0.4 is 5.73 Å². The molecule has 92 valence electrons. The van der Waals surface area contributed by atoms with Crippen LogP contribution >= 0.6 is 39.7 Å². The summed E-state index contributed by atoms with van der Waals surface area (Å²) >= 11 is 14.1. The van der Waals surface area contributed by atoms with E-state index in [1.807, 2.05) is 6.92 Å². The van der Waals surface area contributed by atoms with Crippen LogP contribution in [-0.2, 0) is 0 Å². The van der Waals surface area contributed by atoms with E-state index in [0.717, 1.165) is 4.47 Å². The van der Waals surface area contributed by atoms with Gasteiger partial charge in [0.25, 0.3) is 5.91 Å². The van der Waals surface area contributed by atoms with E-state index in [4.69, 9.17) is 29.6 Å². The summed E-state index contributed by atoms with van der Waals surface area (Å²) in [6.07, 6.45) is 0. The first-order chi connectivity index (χ1) is 7.95. The fourth-order valence-electron chi connectivity index (χ4n) is 1.35. The van der Waals surface area contributed by atoms with Gasteiger partial charge in [0.2, 0.25) is 0 Å². The van der Waals surface area contributed by atoms with Crippen molar-refractivity contribution in [3.63, 3.8) is 0 Å². The lowest BCUT2D eigenvalue weighted by atomic mass is 10.2. The lowest BCUT2D eigenvalue weighted by molar-refractivity contribution is 0.0788. The highest BCUT2D eigenvalue weighted by Crippen LogP contribution is 2.22. The van der Waals surface area contributed by atoms with Crippen molar-refractivity contribution in [1.29, 1.82) is 0 Å². The topological polar surface area (TPSA) is 46.3 Å². The van der Waals surface area contributed by atoms with Crippen LogP contribution in [0.1, 0.15) is 17.3 Å². The van der Waals surface area contributed by atoms with E-state index < -0.39 is 0 Å². The van der Waals surface area contributed by atoms with E-state index in [1.165, 1.54) is 0 Å². The summed E-state index contributed by atoms with van der Waals surface area (Å²) in [7, 11) is 0. The Morgan fingerprint density at radius 1 is 1.59 bits per heavy atom. The second kappa shape index (κ2) is 6.33. The summed E-state index contributed by atoms with van der Waals surface area (Å²) in [6.45, 7) is 2.65. The van der Waals surface area contributed by atoms with Crippen molar-refractivity contribution in [2.75, 3.05) is 13.1 Å². The molecular weight excluding hydrogens is 324 g/mol. The number of rotatable bonds is 4. The standard InChI is InChI=1S/C11H12BrClN2OS/c1-2-15(6-10(14)17)11(16)8-5-7(12)3-4-9(8)13/h3-5H,2,6H2,1H3,(H2,14,17). The fourth-order valence-corrected chi connectivity index (χ4v) is 2.06. The normalized spacial score (nSPS) is 10.1. The maximum absolute atomic E-state index is 12.2. The van der Waals surface area contributed by atoms with Gasteiger partial charge in [-0.3, -0.25) is 4.79 Å². The zero-order chi connectivity index (χ0) is 13.0. The summed E-state index contributed by atoms with van der Waals surface area (Å²) in [4.78, 5) is 14.0.